The summed E-state index contributed by atoms with van der Waals surface area (Å²) >= 11 is 0. The number of nitrogens with two attached hydrogens (primary N) is 1. The van der Waals surface area contributed by atoms with Crippen molar-refractivity contribution < 1.29 is 8.42 Å². The second-order valence-corrected chi connectivity index (χ2v) is 6.53. The van der Waals surface area contributed by atoms with Gasteiger partial charge in [0.2, 0.25) is 10.0 Å². The van der Waals surface area contributed by atoms with Crippen molar-refractivity contribution in [2.24, 2.45) is 5.14 Å². The van der Waals surface area contributed by atoms with Crippen LogP contribution in [0.4, 0.5) is 5.69 Å². The quantitative estimate of drug-likeness (QED) is 0.775. The molecule has 1 heterocycles. The van der Waals surface area contributed by atoms with Crippen LogP contribution in [0.15, 0.2) is 23.1 Å². The summed E-state index contributed by atoms with van der Waals surface area (Å²) in [6, 6.07) is 5.58. The largest absolute Gasteiger partial charge is 0.383 e. The molecule has 1 aliphatic rings. The monoisotopic (exact) mass is 283 g/mol. The van der Waals surface area contributed by atoms with Gasteiger partial charge in [0.05, 0.1) is 4.90 Å². The zero-order valence-electron chi connectivity index (χ0n) is 11.1. The summed E-state index contributed by atoms with van der Waals surface area (Å²) in [7, 11) is -3.65. The van der Waals surface area contributed by atoms with Crippen LogP contribution in [0.1, 0.15) is 24.8 Å². The Morgan fingerprint density at radius 1 is 1.42 bits per heavy atom. The molecule has 0 aliphatic carbocycles. The third kappa shape index (κ3) is 3.68. The molecule has 0 aromatic heterocycles. The highest BCUT2D eigenvalue weighted by molar-refractivity contribution is 7.89. The maximum atomic E-state index is 11.4. The number of hydrogen-bond acceptors (Lipinski definition) is 4. The van der Waals surface area contributed by atoms with Gasteiger partial charge in [-0.1, -0.05) is 12.5 Å². The smallest absolute Gasteiger partial charge is 0.238 e. The molecule has 1 saturated heterocycles. The number of sulfonamides is 1. The predicted octanol–water partition coefficient (Wildman–Crippen LogP) is 1.20. The van der Waals surface area contributed by atoms with Crippen molar-refractivity contribution in [2.75, 3.05) is 18.4 Å². The molecule has 19 heavy (non-hydrogen) atoms. The molecule has 4 N–H and O–H groups in total. The Morgan fingerprint density at radius 3 is 2.84 bits per heavy atom. The Bertz CT molecular complexity index is 537. The summed E-state index contributed by atoms with van der Waals surface area (Å²) < 4.78 is 22.9. The Balaban J connectivity index is 2.08. The van der Waals surface area contributed by atoms with Gasteiger partial charge in [0.25, 0.3) is 0 Å². The Morgan fingerprint density at radius 2 is 2.21 bits per heavy atom. The number of primary sulfonamides is 1. The summed E-state index contributed by atoms with van der Waals surface area (Å²) in [5, 5.41) is 12.0. The molecule has 1 aliphatic heterocycles. The molecule has 0 bridgehead atoms. The lowest BCUT2D eigenvalue weighted by atomic mass is 10.0. The third-order valence-electron chi connectivity index (χ3n) is 3.54. The van der Waals surface area contributed by atoms with Gasteiger partial charge in [-0.15, -0.1) is 0 Å². The van der Waals surface area contributed by atoms with Crippen LogP contribution >= 0.6 is 0 Å². The highest BCUT2D eigenvalue weighted by Crippen LogP contribution is 2.22. The summed E-state index contributed by atoms with van der Waals surface area (Å²) in [6.07, 6.45) is 3.63. The minimum atomic E-state index is -3.65. The van der Waals surface area contributed by atoms with Crippen LogP contribution in [-0.4, -0.2) is 27.5 Å². The number of anilines is 1. The molecule has 1 fully saturated rings. The maximum absolute atomic E-state index is 11.4. The standard InChI is InChI=1S/C13H21N3O2S/c1-10-12(6-4-7-13(10)19(14,17)18)16-9-11-5-2-3-8-15-11/h4,6-7,11,15-16H,2-3,5,8-9H2,1H3,(H2,14,17,18). The lowest BCUT2D eigenvalue weighted by Crippen LogP contribution is -2.39. The number of rotatable bonds is 4. The molecule has 0 radical (unpaired) electrons. The van der Waals surface area contributed by atoms with Gasteiger partial charge in [-0.3, -0.25) is 0 Å². The molecule has 106 valence electrons. The van der Waals surface area contributed by atoms with E-state index in [2.05, 4.69) is 10.6 Å². The summed E-state index contributed by atoms with van der Waals surface area (Å²) in [6.45, 7) is 3.63. The van der Waals surface area contributed by atoms with Crippen LogP contribution in [0.2, 0.25) is 0 Å². The molecule has 5 nitrogen and oxygen atoms in total. The van der Waals surface area contributed by atoms with Crippen molar-refractivity contribution >= 4 is 15.7 Å². The lowest BCUT2D eigenvalue weighted by molar-refractivity contribution is 0.414. The molecule has 2 rings (SSSR count). The van der Waals surface area contributed by atoms with Crippen LogP contribution in [0, 0.1) is 6.92 Å². The Hall–Kier alpha value is -1.11. The third-order valence-corrected chi connectivity index (χ3v) is 4.60. The SMILES string of the molecule is Cc1c(NCC2CCCCN2)cccc1S(N)(=O)=O. The normalized spacial score (nSPS) is 20.2. The van der Waals surface area contributed by atoms with Crippen molar-refractivity contribution in [2.45, 2.75) is 37.1 Å². The minimum absolute atomic E-state index is 0.189. The first-order valence-electron chi connectivity index (χ1n) is 6.58. The van der Waals surface area contributed by atoms with Crippen molar-refractivity contribution in [1.29, 1.82) is 0 Å². The summed E-state index contributed by atoms with van der Waals surface area (Å²) in [4.78, 5) is 0.189. The second-order valence-electron chi connectivity index (χ2n) is 5.00. The fraction of sp³-hybridized carbons (Fsp3) is 0.538. The van der Waals surface area contributed by atoms with Crippen molar-refractivity contribution in [3.8, 4) is 0 Å². The van der Waals surface area contributed by atoms with E-state index in [1.807, 2.05) is 6.07 Å². The zero-order valence-corrected chi connectivity index (χ0v) is 12.0. The van der Waals surface area contributed by atoms with E-state index in [-0.39, 0.29) is 4.90 Å². The van der Waals surface area contributed by atoms with E-state index in [1.54, 1.807) is 13.0 Å². The molecule has 1 aromatic carbocycles. The maximum Gasteiger partial charge on any atom is 0.238 e. The first kappa shape index (κ1) is 14.3. The van der Waals surface area contributed by atoms with E-state index < -0.39 is 10.0 Å². The van der Waals surface area contributed by atoms with Gasteiger partial charge in [-0.25, -0.2) is 13.6 Å². The van der Waals surface area contributed by atoms with E-state index in [0.29, 0.717) is 11.6 Å². The zero-order chi connectivity index (χ0) is 13.9. The molecule has 1 unspecified atom stereocenters. The van der Waals surface area contributed by atoms with Gasteiger partial charge >= 0.3 is 0 Å². The molecule has 0 amide bonds. The first-order chi connectivity index (χ1) is 8.98. The topological polar surface area (TPSA) is 84.2 Å². The summed E-state index contributed by atoms with van der Waals surface area (Å²) in [5.74, 6) is 0. The lowest BCUT2D eigenvalue weighted by Gasteiger charge is -2.24. The second kappa shape index (κ2) is 5.90. The molecule has 1 aromatic rings. The van der Waals surface area contributed by atoms with E-state index in [1.165, 1.54) is 18.9 Å². The molecular weight excluding hydrogens is 262 g/mol. The van der Waals surface area contributed by atoms with Crippen molar-refractivity contribution in [3.63, 3.8) is 0 Å². The van der Waals surface area contributed by atoms with Crippen molar-refractivity contribution in [1.82, 2.24) is 5.32 Å². The predicted molar refractivity (Wildman–Crippen MR) is 76.7 cm³/mol. The average molecular weight is 283 g/mol. The molecule has 0 saturated carbocycles. The molecule has 0 spiro atoms. The molecule has 6 heteroatoms. The first-order valence-corrected chi connectivity index (χ1v) is 8.13. The fourth-order valence-electron chi connectivity index (χ4n) is 2.45. The fourth-order valence-corrected chi connectivity index (χ4v) is 3.25. The van der Waals surface area contributed by atoms with Crippen LogP contribution < -0.4 is 15.8 Å². The van der Waals surface area contributed by atoms with Crippen LogP contribution in [0.25, 0.3) is 0 Å². The van der Waals surface area contributed by atoms with Gasteiger partial charge in [-0.05, 0) is 44.0 Å². The van der Waals surface area contributed by atoms with Crippen molar-refractivity contribution in [3.05, 3.63) is 23.8 Å². The van der Waals surface area contributed by atoms with E-state index in [9.17, 15) is 8.42 Å². The minimum Gasteiger partial charge on any atom is -0.383 e. The Labute approximate surface area is 114 Å². The summed E-state index contributed by atoms with van der Waals surface area (Å²) in [5.41, 5.74) is 1.51. The highest BCUT2D eigenvalue weighted by Gasteiger charge is 2.15. The van der Waals surface area contributed by atoms with Crippen LogP contribution in [0.5, 0.6) is 0 Å². The van der Waals surface area contributed by atoms with E-state index in [0.717, 1.165) is 25.2 Å². The average Bonchev–Trinajstić information content (AvgIpc) is 2.37. The number of hydrogen-bond donors (Lipinski definition) is 3. The van der Waals surface area contributed by atoms with Gasteiger partial charge < -0.3 is 10.6 Å². The van der Waals surface area contributed by atoms with Gasteiger partial charge in [-0.2, -0.15) is 0 Å². The van der Waals surface area contributed by atoms with E-state index in [4.69, 9.17) is 5.14 Å². The van der Waals surface area contributed by atoms with Crippen LogP contribution in [-0.2, 0) is 10.0 Å². The Kier molecular flexibility index (Phi) is 4.44. The van der Waals surface area contributed by atoms with E-state index >= 15 is 0 Å². The van der Waals surface area contributed by atoms with Crippen LogP contribution in [0.3, 0.4) is 0 Å². The highest BCUT2D eigenvalue weighted by atomic mass is 32.2. The molecule has 1 atom stereocenters. The number of benzene rings is 1. The van der Waals surface area contributed by atoms with Gasteiger partial charge in [0, 0.05) is 18.3 Å². The number of piperidine rings is 1. The van der Waals surface area contributed by atoms with Gasteiger partial charge in [0.15, 0.2) is 0 Å². The number of nitrogens with one attached hydrogen (secondary N) is 2. The molecular formula is C13H21N3O2S. The van der Waals surface area contributed by atoms with Gasteiger partial charge in [0.1, 0.15) is 0 Å².